The van der Waals surface area contributed by atoms with Crippen LogP contribution in [-0.2, 0) is 6.54 Å². The summed E-state index contributed by atoms with van der Waals surface area (Å²) in [6.07, 6.45) is 0. The van der Waals surface area contributed by atoms with Gasteiger partial charge in [0.05, 0.1) is 24.4 Å². The number of aryl methyl sites for hydroxylation is 3. The smallest absolute Gasteiger partial charge is 0.121 e. The van der Waals surface area contributed by atoms with Gasteiger partial charge in [0, 0.05) is 10.6 Å². The molecule has 0 saturated carbocycles. The number of benzene rings is 1. The van der Waals surface area contributed by atoms with E-state index in [1.54, 1.807) is 18.4 Å². The zero-order chi connectivity index (χ0) is 13.1. The summed E-state index contributed by atoms with van der Waals surface area (Å²) in [5.41, 5.74) is 3.37. The van der Waals surface area contributed by atoms with Gasteiger partial charge in [-0.3, -0.25) is 0 Å². The number of ether oxygens (including phenoxy) is 1. The quantitative estimate of drug-likeness (QED) is 0.912. The highest BCUT2D eigenvalue weighted by Crippen LogP contribution is 2.23. The van der Waals surface area contributed by atoms with Crippen LogP contribution in [0.1, 0.15) is 21.1 Å². The van der Waals surface area contributed by atoms with Crippen molar-refractivity contribution in [3.05, 3.63) is 39.3 Å². The molecule has 0 bridgehead atoms. The minimum atomic E-state index is 0.823. The fourth-order valence-electron chi connectivity index (χ4n) is 1.91. The van der Waals surface area contributed by atoms with Gasteiger partial charge in [-0.15, -0.1) is 11.3 Å². The summed E-state index contributed by atoms with van der Waals surface area (Å²) in [6.45, 7) is 6.97. The molecule has 0 amide bonds. The normalized spacial score (nSPS) is 10.4. The molecule has 0 unspecified atom stereocenters. The second-order valence-corrected chi connectivity index (χ2v) is 5.57. The highest BCUT2D eigenvalue weighted by Gasteiger charge is 2.05. The van der Waals surface area contributed by atoms with Crippen LogP contribution in [0, 0.1) is 20.8 Å². The van der Waals surface area contributed by atoms with Gasteiger partial charge in [-0.05, 0) is 44.5 Å². The average Bonchev–Trinajstić information content (AvgIpc) is 2.65. The third-order valence-corrected chi connectivity index (χ3v) is 3.92. The summed E-state index contributed by atoms with van der Waals surface area (Å²) < 4.78 is 5.25. The lowest BCUT2D eigenvalue weighted by atomic mass is 10.2. The standard InChI is InChI=1S/C14H18N2OS/c1-9-7-12(5-6-13(9)17-4)15-8-14-10(2)16-11(3)18-14/h5-7,15H,8H2,1-4H3. The van der Waals surface area contributed by atoms with Crippen molar-refractivity contribution >= 4 is 17.0 Å². The van der Waals surface area contributed by atoms with Gasteiger partial charge in [0.1, 0.15) is 5.75 Å². The summed E-state index contributed by atoms with van der Waals surface area (Å²) in [5.74, 6) is 0.922. The maximum absolute atomic E-state index is 5.25. The van der Waals surface area contributed by atoms with Crippen LogP contribution in [0.25, 0.3) is 0 Å². The minimum absolute atomic E-state index is 0.823. The number of thiazole rings is 1. The lowest BCUT2D eigenvalue weighted by molar-refractivity contribution is 0.412. The lowest BCUT2D eigenvalue weighted by Gasteiger charge is -2.09. The van der Waals surface area contributed by atoms with E-state index in [2.05, 4.69) is 23.3 Å². The van der Waals surface area contributed by atoms with Crippen LogP contribution in [0.5, 0.6) is 5.75 Å². The van der Waals surface area contributed by atoms with Crippen molar-refractivity contribution in [1.82, 2.24) is 4.98 Å². The van der Waals surface area contributed by atoms with Crippen LogP contribution < -0.4 is 10.1 Å². The molecule has 0 spiro atoms. The molecule has 1 aromatic carbocycles. The van der Waals surface area contributed by atoms with E-state index in [0.717, 1.165) is 34.2 Å². The van der Waals surface area contributed by atoms with E-state index in [0.29, 0.717) is 0 Å². The van der Waals surface area contributed by atoms with Gasteiger partial charge in [0.25, 0.3) is 0 Å². The second kappa shape index (κ2) is 5.40. The Morgan fingerprint density at radius 3 is 2.61 bits per heavy atom. The van der Waals surface area contributed by atoms with E-state index >= 15 is 0 Å². The van der Waals surface area contributed by atoms with Crippen LogP contribution >= 0.6 is 11.3 Å². The van der Waals surface area contributed by atoms with Crippen molar-refractivity contribution in [2.24, 2.45) is 0 Å². The Morgan fingerprint density at radius 1 is 1.28 bits per heavy atom. The topological polar surface area (TPSA) is 34.1 Å². The molecule has 4 heteroatoms. The Bertz CT molecular complexity index is 549. The predicted molar refractivity (Wildman–Crippen MR) is 76.6 cm³/mol. The van der Waals surface area contributed by atoms with E-state index in [-0.39, 0.29) is 0 Å². The molecule has 0 radical (unpaired) electrons. The lowest BCUT2D eigenvalue weighted by Crippen LogP contribution is -1.99. The fourth-order valence-corrected chi connectivity index (χ4v) is 2.79. The van der Waals surface area contributed by atoms with Crippen molar-refractivity contribution in [2.45, 2.75) is 27.3 Å². The van der Waals surface area contributed by atoms with Gasteiger partial charge in [0.15, 0.2) is 0 Å². The number of hydrogen-bond donors (Lipinski definition) is 1. The summed E-state index contributed by atoms with van der Waals surface area (Å²) in [4.78, 5) is 5.72. The molecule has 0 fully saturated rings. The number of methoxy groups -OCH3 is 1. The van der Waals surface area contributed by atoms with Gasteiger partial charge in [-0.2, -0.15) is 0 Å². The molecule has 0 aliphatic rings. The maximum atomic E-state index is 5.25. The first kappa shape index (κ1) is 12.9. The number of hydrogen-bond acceptors (Lipinski definition) is 4. The fraction of sp³-hybridized carbons (Fsp3) is 0.357. The molecule has 2 aromatic rings. The van der Waals surface area contributed by atoms with Crippen LogP contribution in [0.4, 0.5) is 5.69 Å². The number of anilines is 1. The molecule has 0 atom stereocenters. The first-order valence-corrected chi connectivity index (χ1v) is 6.73. The molecule has 96 valence electrons. The van der Waals surface area contributed by atoms with Gasteiger partial charge >= 0.3 is 0 Å². The van der Waals surface area contributed by atoms with Crippen molar-refractivity contribution < 1.29 is 4.74 Å². The number of rotatable bonds is 4. The summed E-state index contributed by atoms with van der Waals surface area (Å²) in [6, 6.07) is 6.12. The molecule has 1 heterocycles. The molecule has 0 aliphatic carbocycles. The number of nitrogens with one attached hydrogen (secondary N) is 1. The summed E-state index contributed by atoms with van der Waals surface area (Å²) >= 11 is 1.75. The maximum Gasteiger partial charge on any atom is 0.121 e. The van der Waals surface area contributed by atoms with Crippen molar-refractivity contribution in [3.8, 4) is 5.75 Å². The first-order valence-electron chi connectivity index (χ1n) is 5.91. The predicted octanol–water partition coefficient (Wildman–Crippen LogP) is 3.69. The highest BCUT2D eigenvalue weighted by molar-refractivity contribution is 7.11. The molecule has 3 nitrogen and oxygen atoms in total. The Kier molecular flexibility index (Phi) is 3.87. The molecule has 2 rings (SSSR count). The first-order chi connectivity index (χ1) is 8.60. The summed E-state index contributed by atoms with van der Waals surface area (Å²) in [5, 5.41) is 4.54. The second-order valence-electron chi connectivity index (χ2n) is 4.28. The van der Waals surface area contributed by atoms with E-state index in [1.165, 1.54) is 4.88 Å². The minimum Gasteiger partial charge on any atom is -0.496 e. The van der Waals surface area contributed by atoms with Crippen LogP contribution in [-0.4, -0.2) is 12.1 Å². The monoisotopic (exact) mass is 262 g/mol. The van der Waals surface area contributed by atoms with Crippen LogP contribution in [0.15, 0.2) is 18.2 Å². The largest absolute Gasteiger partial charge is 0.496 e. The molecule has 1 aromatic heterocycles. The third kappa shape index (κ3) is 2.82. The van der Waals surface area contributed by atoms with Crippen LogP contribution in [0.3, 0.4) is 0 Å². The van der Waals surface area contributed by atoms with Gasteiger partial charge in [-0.25, -0.2) is 4.98 Å². The average molecular weight is 262 g/mol. The highest BCUT2D eigenvalue weighted by atomic mass is 32.1. The molecule has 0 aliphatic heterocycles. The Morgan fingerprint density at radius 2 is 2.06 bits per heavy atom. The SMILES string of the molecule is COc1ccc(NCc2sc(C)nc2C)cc1C. The van der Waals surface area contributed by atoms with E-state index < -0.39 is 0 Å². The summed E-state index contributed by atoms with van der Waals surface area (Å²) in [7, 11) is 1.69. The molecular weight excluding hydrogens is 244 g/mol. The molecule has 0 saturated heterocycles. The molecule has 1 N–H and O–H groups in total. The Hall–Kier alpha value is -1.55. The molecular formula is C14H18N2OS. The number of aromatic nitrogens is 1. The zero-order valence-corrected chi connectivity index (χ0v) is 12.0. The van der Waals surface area contributed by atoms with E-state index in [1.807, 2.05) is 26.0 Å². The van der Waals surface area contributed by atoms with Gasteiger partial charge in [0.2, 0.25) is 0 Å². The third-order valence-electron chi connectivity index (χ3n) is 2.85. The van der Waals surface area contributed by atoms with Crippen molar-refractivity contribution in [2.75, 3.05) is 12.4 Å². The van der Waals surface area contributed by atoms with E-state index in [9.17, 15) is 0 Å². The zero-order valence-electron chi connectivity index (χ0n) is 11.2. The van der Waals surface area contributed by atoms with Crippen molar-refractivity contribution in [1.29, 1.82) is 0 Å². The van der Waals surface area contributed by atoms with Gasteiger partial charge in [-0.1, -0.05) is 0 Å². The van der Waals surface area contributed by atoms with Crippen LogP contribution in [0.2, 0.25) is 0 Å². The Labute approximate surface area is 112 Å². The number of nitrogens with zero attached hydrogens (tertiary/aromatic N) is 1. The Balaban J connectivity index is 2.06. The van der Waals surface area contributed by atoms with E-state index in [4.69, 9.17) is 4.74 Å². The van der Waals surface area contributed by atoms with Crippen molar-refractivity contribution in [3.63, 3.8) is 0 Å². The van der Waals surface area contributed by atoms with Gasteiger partial charge < -0.3 is 10.1 Å². The molecule has 18 heavy (non-hydrogen) atoms.